The number of unbranched alkanes of at least 4 members (excludes halogenated alkanes) is 1. The first-order chi connectivity index (χ1) is 26.7. The summed E-state index contributed by atoms with van der Waals surface area (Å²) < 4.78 is 20.7. The second-order valence-corrected chi connectivity index (χ2v) is 12.5. The van der Waals surface area contributed by atoms with Gasteiger partial charge in [0, 0.05) is 39.3 Å². The molecule has 292 valence electrons. The fraction of sp³-hybridized carbons (Fsp3) is 0.368. The molecule has 3 atom stereocenters. The van der Waals surface area contributed by atoms with Crippen LogP contribution >= 0.6 is 0 Å². The van der Waals surface area contributed by atoms with Crippen LogP contribution in [0.25, 0.3) is 44.2 Å². The molecule has 0 aliphatic carbocycles. The van der Waals surface area contributed by atoms with E-state index in [1.807, 2.05) is 24.4 Å². The maximum Gasteiger partial charge on any atom is 0.409 e. The topological polar surface area (TPSA) is 222 Å². The van der Waals surface area contributed by atoms with Crippen molar-refractivity contribution in [2.24, 2.45) is 0 Å². The van der Waals surface area contributed by atoms with Crippen LogP contribution in [0.2, 0.25) is 0 Å². The third kappa shape index (κ3) is 10.0. The van der Waals surface area contributed by atoms with Gasteiger partial charge in [-0.15, -0.1) is 0 Å². The van der Waals surface area contributed by atoms with Crippen molar-refractivity contribution in [3.8, 4) is 22.4 Å². The molecule has 2 unspecified atom stereocenters. The van der Waals surface area contributed by atoms with E-state index in [9.17, 15) is 14.4 Å². The number of alkyl carbamates (subject to hydrolysis) is 1. The highest BCUT2D eigenvalue weighted by atomic mass is 16.6. The second-order valence-electron chi connectivity index (χ2n) is 12.5. The predicted octanol–water partition coefficient (Wildman–Crippen LogP) is 3.33. The average Bonchev–Trinajstić information content (AvgIpc) is 3.87. The van der Waals surface area contributed by atoms with E-state index in [0.29, 0.717) is 25.5 Å². The predicted molar refractivity (Wildman–Crippen MR) is 203 cm³/mol. The monoisotopic (exact) mass is 758 g/mol. The van der Waals surface area contributed by atoms with Crippen LogP contribution in [0.15, 0.2) is 60.8 Å². The van der Waals surface area contributed by atoms with E-state index in [-0.39, 0.29) is 19.0 Å². The number of fused-ring (bicyclic) bond motifs is 2. The van der Waals surface area contributed by atoms with Crippen molar-refractivity contribution >= 4 is 46.2 Å². The van der Waals surface area contributed by atoms with E-state index >= 15 is 0 Å². The fourth-order valence-electron chi connectivity index (χ4n) is 6.31. The molecule has 1 aliphatic rings. The van der Waals surface area contributed by atoms with Gasteiger partial charge in [0.15, 0.2) is 6.23 Å². The number of methoxy groups -OCH3 is 3. The number of hydrogen-bond donors (Lipinski definition) is 6. The van der Waals surface area contributed by atoms with Crippen LogP contribution in [0.4, 0.5) is 4.79 Å². The van der Waals surface area contributed by atoms with Crippen LogP contribution in [0.5, 0.6) is 0 Å². The van der Waals surface area contributed by atoms with Crippen LogP contribution < -0.4 is 16.0 Å². The lowest BCUT2D eigenvalue weighted by Crippen LogP contribution is -2.53. The van der Waals surface area contributed by atoms with Gasteiger partial charge in [0.25, 0.3) is 18.3 Å². The minimum absolute atomic E-state index is 0.176. The summed E-state index contributed by atoms with van der Waals surface area (Å²) in [6, 6.07) is 18.3. The molecule has 1 saturated heterocycles. The van der Waals surface area contributed by atoms with E-state index < -0.39 is 30.5 Å². The number of imidazole rings is 2. The third-order valence-corrected chi connectivity index (χ3v) is 9.11. The molecule has 6 N–H and O–H groups in total. The molecule has 5 aromatic rings. The zero-order valence-corrected chi connectivity index (χ0v) is 31.1. The smallest absolute Gasteiger partial charge is 0.409 e. The molecule has 17 nitrogen and oxygen atoms in total. The number of aryl methyl sites for hydroxylation is 1. The number of carbonyl (C=O) groups is 4. The van der Waals surface area contributed by atoms with Gasteiger partial charge in [-0.2, -0.15) is 0 Å². The summed E-state index contributed by atoms with van der Waals surface area (Å²) in [4.78, 5) is 63.3. The van der Waals surface area contributed by atoms with Crippen molar-refractivity contribution < 1.29 is 43.2 Å². The Morgan fingerprint density at radius 3 is 2.38 bits per heavy atom. The normalized spacial score (nSPS) is 15.1. The molecule has 1 fully saturated rings. The molecule has 3 heterocycles. The van der Waals surface area contributed by atoms with Gasteiger partial charge in [-0.05, 0) is 66.1 Å². The molecule has 3 aromatic carbocycles. The number of nitrogens with zero attached hydrogens (tertiary/aromatic N) is 3. The summed E-state index contributed by atoms with van der Waals surface area (Å²) >= 11 is 0. The molecular formula is C38H46N8O9. The van der Waals surface area contributed by atoms with Crippen molar-refractivity contribution in [3.63, 3.8) is 0 Å². The Morgan fingerprint density at radius 1 is 0.982 bits per heavy atom. The van der Waals surface area contributed by atoms with E-state index in [0.717, 1.165) is 69.3 Å². The number of rotatable bonds is 14. The van der Waals surface area contributed by atoms with Gasteiger partial charge in [-0.25, -0.2) is 14.8 Å². The molecule has 55 heavy (non-hydrogen) atoms. The number of ether oxygens (including phenoxy) is 4. The summed E-state index contributed by atoms with van der Waals surface area (Å²) in [5, 5.41) is 17.2. The summed E-state index contributed by atoms with van der Waals surface area (Å²) in [6.45, 7) is 1.23. The Labute approximate surface area is 317 Å². The van der Waals surface area contributed by atoms with Crippen molar-refractivity contribution in [1.82, 2.24) is 40.8 Å². The summed E-state index contributed by atoms with van der Waals surface area (Å²) in [5.74, 6) is 0.889. The average molecular weight is 759 g/mol. The first kappa shape index (κ1) is 40.3. The zero-order valence-electron chi connectivity index (χ0n) is 31.1. The van der Waals surface area contributed by atoms with Crippen LogP contribution in [0.3, 0.4) is 0 Å². The number of nitrogens with one attached hydrogen (secondary N) is 5. The molecule has 0 bridgehead atoms. The molecule has 1 aliphatic heterocycles. The molecule has 17 heteroatoms. The minimum Gasteiger partial charge on any atom is -0.483 e. The van der Waals surface area contributed by atoms with E-state index in [1.54, 1.807) is 11.9 Å². The molecule has 0 radical (unpaired) electrons. The number of carbonyl (C=O) groups excluding carboxylic acids is 3. The van der Waals surface area contributed by atoms with Gasteiger partial charge in [-0.1, -0.05) is 30.3 Å². The number of aromatic nitrogens is 4. The Bertz CT molecular complexity index is 2080. The Kier molecular flexibility index (Phi) is 14.3. The SMILES string of the molecule is CN[C@@H](OC)C(=O)NCCCCc1ncc(-c2ccc3cc(-c4ccc5nc(C6COCCN6C(=O)C(NC(=O)OC)OC)[nH]c5c4)ccc3c2)[nH]1.O=CO. The number of likely N-dealkylation sites (N-methyl/N-ethyl adjacent to an activating group) is 1. The van der Waals surface area contributed by atoms with Crippen molar-refractivity contribution in [1.29, 1.82) is 0 Å². The van der Waals surface area contributed by atoms with Crippen LogP contribution in [0.1, 0.15) is 30.5 Å². The van der Waals surface area contributed by atoms with Gasteiger partial charge in [0.05, 0.1) is 43.2 Å². The maximum atomic E-state index is 13.3. The van der Waals surface area contributed by atoms with E-state index in [1.165, 1.54) is 21.3 Å². The number of aromatic amines is 2. The minimum atomic E-state index is -1.21. The lowest BCUT2D eigenvalue weighted by Gasteiger charge is -2.36. The van der Waals surface area contributed by atoms with Crippen molar-refractivity contribution in [2.75, 3.05) is 54.7 Å². The van der Waals surface area contributed by atoms with Crippen LogP contribution in [-0.4, -0.2) is 121 Å². The van der Waals surface area contributed by atoms with Gasteiger partial charge in [-0.3, -0.25) is 25.0 Å². The molecular weight excluding hydrogens is 712 g/mol. The number of morpholine rings is 1. The zero-order chi connectivity index (χ0) is 39.3. The van der Waals surface area contributed by atoms with Crippen LogP contribution in [-0.2, 0) is 39.8 Å². The standard InChI is InChI=1S/C37H44N8O7.CH2O2/c1-38-34(49-2)33(46)39-14-6-5-7-31-40-20-29(41-31)26-11-10-22-17-23(8-9-24(22)18-26)25-12-13-27-28(19-25)43-32(42-27)30-21-52-16-15-45(30)36(47)35(50-3)44-37(48)51-4;2-1-3/h8-13,17-20,30,34-35,38H,5-7,14-16,21H2,1-4H3,(H,39,46)(H,40,41)(H,42,43)(H,44,48);1H,(H,2,3)/t30?,34-,35?;/m0./s1. The van der Waals surface area contributed by atoms with Crippen LogP contribution in [0, 0.1) is 0 Å². The maximum absolute atomic E-state index is 13.3. The third-order valence-electron chi connectivity index (χ3n) is 9.11. The number of amides is 3. The first-order valence-corrected chi connectivity index (χ1v) is 17.6. The molecule has 6 rings (SSSR count). The Morgan fingerprint density at radius 2 is 1.67 bits per heavy atom. The summed E-state index contributed by atoms with van der Waals surface area (Å²) in [5.41, 5.74) is 5.65. The van der Waals surface area contributed by atoms with Crippen molar-refractivity contribution in [3.05, 3.63) is 72.4 Å². The first-order valence-electron chi connectivity index (χ1n) is 17.6. The Balaban J connectivity index is 0.00000187. The lowest BCUT2D eigenvalue weighted by molar-refractivity contribution is -0.152. The largest absolute Gasteiger partial charge is 0.483 e. The highest BCUT2D eigenvalue weighted by Gasteiger charge is 2.35. The summed E-state index contributed by atoms with van der Waals surface area (Å²) in [6.07, 6.45) is 1.74. The number of H-pyrrole nitrogens is 2. The molecule has 0 spiro atoms. The molecule has 2 aromatic heterocycles. The van der Waals surface area contributed by atoms with Gasteiger partial charge in [0.2, 0.25) is 6.23 Å². The van der Waals surface area contributed by atoms with Crippen molar-refractivity contribution in [2.45, 2.75) is 37.8 Å². The number of hydrogen-bond acceptors (Lipinski definition) is 11. The van der Waals surface area contributed by atoms with Gasteiger partial charge >= 0.3 is 6.09 Å². The number of benzene rings is 3. The highest BCUT2D eigenvalue weighted by molar-refractivity contribution is 5.92. The van der Waals surface area contributed by atoms with Gasteiger partial charge < -0.3 is 44.2 Å². The Hall–Kier alpha value is -5.88. The van der Waals surface area contributed by atoms with E-state index in [4.69, 9.17) is 29.1 Å². The molecule has 3 amide bonds. The summed E-state index contributed by atoms with van der Waals surface area (Å²) in [7, 11) is 5.74. The lowest BCUT2D eigenvalue weighted by atomic mass is 9.99. The highest BCUT2D eigenvalue weighted by Crippen LogP contribution is 2.31. The quantitative estimate of drug-likeness (QED) is 0.0546. The fourth-order valence-corrected chi connectivity index (χ4v) is 6.31. The van der Waals surface area contributed by atoms with E-state index in [2.05, 4.69) is 72.0 Å². The number of carboxylic acid groups (broad SMARTS) is 1. The second kappa shape index (κ2) is 19.4. The van der Waals surface area contributed by atoms with Gasteiger partial charge in [0.1, 0.15) is 17.7 Å². The molecule has 0 saturated carbocycles.